The molecule has 1 aliphatic heterocycles. The molecule has 0 saturated carbocycles. The summed E-state index contributed by atoms with van der Waals surface area (Å²) in [5, 5.41) is 7.37. The highest BCUT2D eigenvalue weighted by molar-refractivity contribution is 6.27. The zero-order valence-corrected chi connectivity index (χ0v) is 13.4. The van der Waals surface area contributed by atoms with Crippen molar-refractivity contribution in [2.75, 3.05) is 5.32 Å². The van der Waals surface area contributed by atoms with E-state index in [4.69, 9.17) is 0 Å². The van der Waals surface area contributed by atoms with Crippen LogP contribution in [0.1, 0.15) is 31.8 Å². The summed E-state index contributed by atoms with van der Waals surface area (Å²) in [5.74, 6) is -0.710. The summed E-state index contributed by atoms with van der Waals surface area (Å²) in [4.78, 5) is 24.6. The van der Waals surface area contributed by atoms with E-state index in [1.807, 2.05) is 50.2 Å². The number of rotatable bonds is 2. The fraction of sp³-hybridized carbons (Fsp3) is 0.100. The molecule has 0 radical (unpaired) electrons. The van der Waals surface area contributed by atoms with E-state index in [-0.39, 0.29) is 11.8 Å². The molecule has 0 unspecified atom stereocenters. The maximum Gasteiger partial charge on any atom is 0.260 e. The fourth-order valence-corrected chi connectivity index (χ4v) is 3.24. The van der Waals surface area contributed by atoms with E-state index >= 15 is 0 Å². The van der Waals surface area contributed by atoms with Gasteiger partial charge in [-0.1, -0.05) is 35.9 Å². The van der Waals surface area contributed by atoms with Crippen molar-refractivity contribution in [1.29, 1.82) is 0 Å². The van der Waals surface area contributed by atoms with Gasteiger partial charge in [-0.25, -0.2) is 0 Å². The number of anilines is 2. The highest BCUT2D eigenvalue weighted by atomic mass is 16.2. The SMILES string of the molecule is Cc1ccc(Nc2ccc3cccc4c3c2C(=O)NC4=O)c(C)c1. The van der Waals surface area contributed by atoms with E-state index in [9.17, 15) is 9.59 Å². The molecule has 0 bridgehead atoms. The normalized spacial score (nSPS) is 13.1. The first-order valence-electron chi connectivity index (χ1n) is 7.80. The first kappa shape index (κ1) is 14.5. The minimum absolute atomic E-state index is 0.346. The Morgan fingerprint density at radius 3 is 2.46 bits per heavy atom. The summed E-state index contributed by atoms with van der Waals surface area (Å²) in [6, 6.07) is 15.4. The Labute approximate surface area is 139 Å². The molecule has 3 aromatic rings. The molecule has 0 spiro atoms. The Morgan fingerprint density at radius 1 is 0.875 bits per heavy atom. The lowest BCUT2D eigenvalue weighted by atomic mass is 9.93. The third-order valence-corrected chi connectivity index (χ3v) is 4.40. The second-order valence-corrected chi connectivity index (χ2v) is 6.12. The quantitative estimate of drug-likeness (QED) is 0.700. The molecular weight excluding hydrogens is 300 g/mol. The molecular formula is C20H16N2O2. The van der Waals surface area contributed by atoms with E-state index in [2.05, 4.69) is 16.7 Å². The molecule has 4 heteroatoms. The maximum atomic E-state index is 12.5. The zero-order valence-electron chi connectivity index (χ0n) is 13.4. The van der Waals surface area contributed by atoms with Gasteiger partial charge in [-0.2, -0.15) is 0 Å². The third-order valence-electron chi connectivity index (χ3n) is 4.40. The zero-order chi connectivity index (χ0) is 16.8. The summed E-state index contributed by atoms with van der Waals surface area (Å²) in [5.41, 5.74) is 4.98. The average molecular weight is 316 g/mol. The van der Waals surface area contributed by atoms with Crippen LogP contribution < -0.4 is 10.6 Å². The number of nitrogens with one attached hydrogen (secondary N) is 2. The summed E-state index contributed by atoms with van der Waals surface area (Å²) in [6.07, 6.45) is 0. The van der Waals surface area contributed by atoms with E-state index in [0.717, 1.165) is 16.6 Å². The van der Waals surface area contributed by atoms with Crippen LogP contribution in [0.15, 0.2) is 48.5 Å². The van der Waals surface area contributed by atoms with Gasteiger partial charge in [-0.15, -0.1) is 0 Å². The molecule has 0 aliphatic carbocycles. The third kappa shape index (κ3) is 2.15. The van der Waals surface area contributed by atoms with Crippen molar-refractivity contribution in [3.63, 3.8) is 0 Å². The molecule has 2 N–H and O–H groups in total. The van der Waals surface area contributed by atoms with E-state index in [1.54, 1.807) is 6.07 Å². The molecule has 2 amide bonds. The number of aryl methyl sites for hydroxylation is 2. The van der Waals surface area contributed by atoms with Crippen molar-refractivity contribution >= 4 is 34.0 Å². The van der Waals surface area contributed by atoms with Crippen molar-refractivity contribution in [2.45, 2.75) is 13.8 Å². The fourth-order valence-electron chi connectivity index (χ4n) is 3.24. The number of amides is 2. The number of hydrogen-bond donors (Lipinski definition) is 2. The summed E-state index contributed by atoms with van der Waals surface area (Å²) < 4.78 is 0. The number of carbonyl (C=O) groups is 2. The second kappa shape index (κ2) is 5.20. The molecule has 0 atom stereocenters. The lowest BCUT2D eigenvalue weighted by Crippen LogP contribution is -2.35. The molecule has 0 saturated heterocycles. The Balaban J connectivity index is 1.93. The van der Waals surface area contributed by atoms with Gasteiger partial charge in [0.05, 0.1) is 11.3 Å². The van der Waals surface area contributed by atoms with Crippen LogP contribution >= 0.6 is 0 Å². The molecule has 118 valence electrons. The van der Waals surface area contributed by atoms with Crippen molar-refractivity contribution in [2.24, 2.45) is 0 Å². The van der Waals surface area contributed by atoms with Crippen molar-refractivity contribution < 1.29 is 9.59 Å². The van der Waals surface area contributed by atoms with Crippen LogP contribution in [0.4, 0.5) is 11.4 Å². The van der Waals surface area contributed by atoms with Crippen LogP contribution in [0, 0.1) is 13.8 Å². The van der Waals surface area contributed by atoms with Gasteiger partial charge in [-0.3, -0.25) is 14.9 Å². The average Bonchev–Trinajstić information content (AvgIpc) is 2.55. The topological polar surface area (TPSA) is 58.2 Å². The van der Waals surface area contributed by atoms with Gasteiger partial charge in [0.25, 0.3) is 11.8 Å². The monoisotopic (exact) mass is 316 g/mol. The first-order chi connectivity index (χ1) is 11.5. The van der Waals surface area contributed by atoms with Crippen LogP contribution in [0.5, 0.6) is 0 Å². The minimum atomic E-state index is -0.364. The highest BCUT2D eigenvalue weighted by Gasteiger charge is 2.27. The maximum absolute atomic E-state index is 12.5. The second-order valence-electron chi connectivity index (χ2n) is 6.12. The predicted octanol–water partition coefficient (Wildman–Crippen LogP) is 4.08. The van der Waals surface area contributed by atoms with Crippen LogP contribution in [0.25, 0.3) is 10.8 Å². The van der Waals surface area contributed by atoms with Gasteiger partial charge in [-0.05, 0) is 43.0 Å². The minimum Gasteiger partial charge on any atom is -0.355 e. The molecule has 4 nitrogen and oxygen atoms in total. The number of hydrogen-bond acceptors (Lipinski definition) is 3. The van der Waals surface area contributed by atoms with Crippen molar-refractivity contribution in [3.8, 4) is 0 Å². The van der Waals surface area contributed by atoms with Crippen LogP contribution in [-0.4, -0.2) is 11.8 Å². The van der Waals surface area contributed by atoms with Crippen LogP contribution in [0.3, 0.4) is 0 Å². The highest BCUT2D eigenvalue weighted by Crippen LogP contribution is 2.34. The van der Waals surface area contributed by atoms with E-state index < -0.39 is 0 Å². The largest absolute Gasteiger partial charge is 0.355 e. The summed E-state index contributed by atoms with van der Waals surface area (Å²) in [7, 11) is 0. The molecule has 1 aliphatic rings. The van der Waals surface area contributed by atoms with Gasteiger partial charge >= 0.3 is 0 Å². The Morgan fingerprint density at radius 2 is 1.67 bits per heavy atom. The molecule has 1 heterocycles. The van der Waals surface area contributed by atoms with Gasteiger partial charge in [0.2, 0.25) is 0 Å². The van der Waals surface area contributed by atoms with Gasteiger partial charge < -0.3 is 5.32 Å². The first-order valence-corrected chi connectivity index (χ1v) is 7.80. The van der Waals surface area contributed by atoms with Crippen molar-refractivity contribution in [3.05, 3.63) is 70.8 Å². The Bertz CT molecular complexity index is 1020. The van der Waals surface area contributed by atoms with E-state index in [0.29, 0.717) is 22.2 Å². The van der Waals surface area contributed by atoms with Gasteiger partial charge in [0, 0.05) is 16.6 Å². The van der Waals surface area contributed by atoms with E-state index in [1.165, 1.54) is 5.56 Å². The molecule has 0 fully saturated rings. The standard InChI is InChI=1S/C20H16N2O2/c1-11-6-8-15(12(2)10-11)21-16-9-7-13-4-3-5-14-17(13)18(16)20(24)22-19(14)23/h3-10,21H,1-2H3,(H,22,23,24). The smallest absolute Gasteiger partial charge is 0.260 e. The number of imide groups is 1. The molecule has 0 aromatic heterocycles. The Hall–Kier alpha value is -3.14. The van der Waals surface area contributed by atoms with Crippen LogP contribution in [0.2, 0.25) is 0 Å². The van der Waals surface area contributed by atoms with Crippen LogP contribution in [-0.2, 0) is 0 Å². The predicted molar refractivity (Wildman–Crippen MR) is 94.9 cm³/mol. The number of carbonyl (C=O) groups excluding carboxylic acids is 2. The summed E-state index contributed by atoms with van der Waals surface area (Å²) >= 11 is 0. The van der Waals surface area contributed by atoms with Gasteiger partial charge in [0.1, 0.15) is 0 Å². The molecule has 24 heavy (non-hydrogen) atoms. The number of benzene rings is 3. The molecule has 4 rings (SSSR count). The lowest BCUT2D eigenvalue weighted by Gasteiger charge is -2.21. The van der Waals surface area contributed by atoms with Crippen molar-refractivity contribution in [1.82, 2.24) is 5.32 Å². The van der Waals surface area contributed by atoms with Gasteiger partial charge in [0.15, 0.2) is 0 Å². The molecule has 3 aromatic carbocycles. The summed E-state index contributed by atoms with van der Waals surface area (Å²) in [6.45, 7) is 4.07. The lowest BCUT2D eigenvalue weighted by molar-refractivity contribution is 0.0845. The Kier molecular flexibility index (Phi) is 3.13.